The molecule has 1 rings (SSSR count). The number of hydrogen-bond acceptors (Lipinski definition) is 6. The molecule has 0 saturated carbocycles. The average Bonchev–Trinajstić information content (AvgIpc) is 2.66. The first-order valence-electron chi connectivity index (χ1n) is 9.63. The number of ether oxygens (including phenoxy) is 2. The normalized spacial score (nSPS) is 14.6. The lowest BCUT2D eigenvalue weighted by Crippen LogP contribution is -2.52. The summed E-state index contributed by atoms with van der Waals surface area (Å²) in [5.74, 6) is -1.62. The van der Waals surface area contributed by atoms with Crippen LogP contribution in [0.15, 0.2) is 30.3 Å². The van der Waals surface area contributed by atoms with Gasteiger partial charge in [-0.3, -0.25) is 14.9 Å². The number of methoxy groups -OCH3 is 1. The second-order valence-corrected chi connectivity index (χ2v) is 6.52. The Hall–Kier alpha value is -2.41. The van der Waals surface area contributed by atoms with Gasteiger partial charge in [0.05, 0.1) is 27.7 Å². The molecule has 0 aliphatic rings. The maximum Gasteiger partial charge on any atom is 0.328 e. The van der Waals surface area contributed by atoms with Crippen LogP contribution in [0.25, 0.3) is 0 Å². The van der Waals surface area contributed by atoms with Crippen molar-refractivity contribution < 1.29 is 25.2 Å². The highest BCUT2D eigenvalue weighted by atomic mass is 16.5. The van der Waals surface area contributed by atoms with Gasteiger partial charge >= 0.3 is 11.9 Å². The maximum atomic E-state index is 12.9. The van der Waals surface area contributed by atoms with E-state index < -0.39 is 36.5 Å². The van der Waals surface area contributed by atoms with E-state index in [2.05, 4.69) is 10.6 Å². The lowest BCUT2D eigenvalue weighted by Gasteiger charge is -2.23. The zero-order valence-electron chi connectivity index (χ0n) is 17.4. The SMILES string of the molecule is [2H]C(N[C@@H](Cc1ccccc1)C(=O)N[C@@H](CC(C)C)C(=O)OC)C(=O)OCC. The Morgan fingerprint density at radius 3 is 2.37 bits per heavy atom. The van der Waals surface area contributed by atoms with Crippen LogP contribution in [0, 0.1) is 5.92 Å². The Kier molecular flexibility index (Phi) is 9.34. The fourth-order valence-corrected chi connectivity index (χ4v) is 2.53. The van der Waals surface area contributed by atoms with Crippen molar-refractivity contribution in [1.82, 2.24) is 10.6 Å². The highest BCUT2D eigenvalue weighted by Gasteiger charge is 2.27. The molecular formula is C20H30N2O5. The predicted octanol–water partition coefficient (Wildman–Crippen LogP) is 1.45. The van der Waals surface area contributed by atoms with E-state index in [-0.39, 0.29) is 18.9 Å². The molecule has 0 radical (unpaired) electrons. The maximum absolute atomic E-state index is 12.9. The molecule has 1 aromatic rings. The molecule has 0 spiro atoms. The van der Waals surface area contributed by atoms with Crippen molar-refractivity contribution >= 4 is 17.8 Å². The lowest BCUT2D eigenvalue weighted by molar-refractivity contribution is -0.146. The summed E-state index contributed by atoms with van der Waals surface area (Å²) < 4.78 is 17.5. The molecule has 0 aliphatic heterocycles. The van der Waals surface area contributed by atoms with Crippen molar-refractivity contribution in [3.05, 3.63) is 35.9 Å². The van der Waals surface area contributed by atoms with Crippen molar-refractivity contribution in [2.45, 2.75) is 45.7 Å². The molecule has 2 N–H and O–H groups in total. The molecule has 27 heavy (non-hydrogen) atoms. The zero-order valence-corrected chi connectivity index (χ0v) is 16.4. The van der Waals surface area contributed by atoms with Gasteiger partial charge in [0.2, 0.25) is 5.91 Å². The molecular weight excluding hydrogens is 348 g/mol. The Labute approximate surface area is 162 Å². The summed E-state index contributed by atoms with van der Waals surface area (Å²) >= 11 is 0. The molecule has 3 atom stereocenters. The lowest BCUT2D eigenvalue weighted by atomic mass is 10.0. The van der Waals surface area contributed by atoms with Crippen LogP contribution >= 0.6 is 0 Å². The molecule has 0 aliphatic carbocycles. The standard InChI is InChI=1S/C20H30N2O5/c1-5-27-18(23)13-21-16(12-15-9-7-6-8-10-15)19(24)22-17(11-14(2)3)20(25)26-4/h6-10,14,16-17,21H,5,11-13H2,1-4H3,(H,22,24)/t16-,17-/m0/s1/i13D/t13?,16-,17-. The van der Waals surface area contributed by atoms with Crippen molar-refractivity contribution in [2.75, 3.05) is 20.2 Å². The number of esters is 2. The Morgan fingerprint density at radius 2 is 1.81 bits per heavy atom. The van der Waals surface area contributed by atoms with Gasteiger partial charge in [-0.2, -0.15) is 0 Å². The first-order valence-corrected chi connectivity index (χ1v) is 9.05. The second kappa shape index (κ2) is 12.1. The molecule has 0 aromatic heterocycles. The quantitative estimate of drug-likeness (QED) is 0.565. The van der Waals surface area contributed by atoms with Gasteiger partial charge in [0.1, 0.15) is 6.04 Å². The number of benzene rings is 1. The van der Waals surface area contributed by atoms with Gasteiger partial charge in [-0.25, -0.2) is 4.79 Å². The number of hydrogen-bond donors (Lipinski definition) is 2. The Morgan fingerprint density at radius 1 is 1.15 bits per heavy atom. The van der Waals surface area contributed by atoms with E-state index in [1.807, 2.05) is 44.2 Å². The van der Waals surface area contributed by atoms with E-state index in [4.69, 9.17) is 10.8 Å². The topological polar surface area (TPSA) is 93.7 Å². The molecule has 7 nitrogen and oxygen atoms in total. The van der Waals surface area contributed by atoms with Crippen LogP contribution in [-0.4, -0.2) is 50.2 Å². The molecule has 7 heteroatoms. The minimum Gasteiger partial charge on any atom is -0.467 e. The van der Waals surface area contributed by atoms with Gasteiger partial charge < -0.3 is 14.8 Å². The third-order valence-electron chi connectivity index (χ3n) is 3.80. The number of carbonyl (C=O) groups is 3. The Balaban J connectivity index is 2.95. The van der Waals surface area contributed by atoms with Gasteiger partial charge in [0.15, 0.2) is 0 Å². The van der Waals surface area contributed by atoms with Gasteiger partial charge in [-0.1, -0.05) is 44.2 Å². The minimum atomic E-state index is -1.42. The molecule has 0 fully saturated rings. The summed E-state index contributed by atoms with van der Waals surface area (Å²) in [5, 5.41) is 5.38. The fraction of sp³-hybridized carbons (Fsp3) is 0.550. The summed E-state index contributed by atoms with van der Waals surface area (Å²) in [6.45, 7) is 4.24. The van der Waals surface area contributed by atoms with Crippen molar-refractivity contribution in [1.29, 1.82) is 0 Å². The predicted molar refractivity (Wildman–Crippen MR) is 102 cm³/mol. The monoisotopic (exact) mass is 379 g/mol. The summed E-state index contributed by atoms with van der Waals surface area (Å²) in [6.07, 6.45) is 0.662. The second-order valence-electron chi connectivity index (χ2n) is 6.52. The van der Waals surface area contributed by atoms with Crippen LogP contribution in [-0.2, 0) is 30.3 Å². The molecule has 0 saturated heterocycles. The van der Waals surface area contributed by atoms with Crippen molar-refractivity contribution in [3.63, 3.8) is 0 Å². The zero-order chi connectivity index (χ0) is 21.1. The van der Waals surface area contributed by atoms with Crippen LogP contribution in [0.5, 0.6) is 0 Å². The minimum absolute atomic E-state index is 0.143. The van der Waals surface area contributed by atoms with Crippen molar-refractivity contribution in [3.8, 4) is 0 Å². The highest BCUT2D eigenvalue weighted by molar-refractivity contribution is 5.88. The molecule has 1 amide bonds. The third-order valence-corrected chi connectivity index (χ3v) is 3.80. The largest absolute Gasteiger partial charge is 0.467 e. The van der Waals surface area contributed by atoms with Crippen LogP contribution in [0.3, 0.4) is 0 Å². The number of nitrogens with one attached hydrogen (secondary N) is 2. The average molecular weight is 379 g/mol. The van der Waals surface area contributed by atoms with E-state index in [1.54, 1.807) is 6.92 Å². The number of rotatable bonds is 11. The molecule has 0 bridgehead atoms. The van der Waals surface area contributed by atoms with E-state index in [0.717, 1.165) is 5.56 Å². The van der Waals surface area contributed by atoms with Gasteiger partial charge in [-0.05, 0) is 31.2 Å². The Bertz CT molecular complexity index is 639. The van der Waals surface area contributed by atoms with Crippen LogP contribution in [0.1, 0.15) is 34.1 Å². The van der Waals surface area contributed by atoms with Gasteiger partial charge in [0.25, 0.3) is 0 Å². The van der Waals surface area contributed by atoms with E-state index in [1.165, 1.54) is 7.11 Å². The molecule has 150 valence electrons. The van der Waals surface area contributed by atoms with Gasteiger partial charge in [-0.15, -0.1) is 0 Å². The molecule has 1 unspecified atom stereocenters. The van der Waals surface area contributed by atoms with Gasteiger partial charge in [0, 0.05) is 0 Å². The third kappa shape index (κ3) is 8.68. The van der Waals surface area contributed by atoms with E-state index >= 15 is 0 Å². The highest BCUT2D eigenvalue weighted by Crippen LogP contribution is 2.08. The summed E-state index contributed by atoms with van der Waals surface area (Å²) in [4.78, 5) is 36.7. The summed E-state index contributed by atoms with van der Waals surface area (Å²) in [5.41, 5.74) is 0.852. The smallest absolute Gasteiger partial charge is 0.328 e. The molecule has 0 heterocycles. The van der Waals surface area contributed by atoms with E-state index in [0.29, 0.717) is 6.42 Å². The summed E-state index contributed by atoms with van der Waals surface area (Å²) in [6, 6.07) is 7.52. The van der Waals surface area contributed by atoms with Crippen LogP contribution in [0.4, 0.5) is 0 Å². The first kappa shape index (κ1) is 20.9. The molecule has 1 aromatic carbocycles. The van der Waals surface area contributed by atoms with E-state index in [9.17, 15) is 14.4 Å². The van der Waals surface area contributed by atoms with Crippen molar-refractivity contribution in [2.24, 2.45) is 5.92 Å². The fourth-order valence-electron chi connectivity index (χ4n) is 2.53. The number of amides is 1. The van der Waals surface area contributed by atoms with Crippen LogP contribution < -0.4 is 10.6 Å². The number of carbonyl (C=O) groups excluding carboxylic acids is 3. The summed E-state index contributed by atoms with van der Waals surface area (Å²) in [7, 11) is 1.27. The first-order chi connectivity index (χ1) is 13.3. The van der Waals surface area contributed by atoms with Crippen LogP contribution in [0.2, 0.25) is 0 Å².